The highest BCUT2D eigenvalue weighted by Gasteiger charge is 2.32. The number of hydrogen-bond donors (Lipinski definition) is 0. The van der Waals surface area contributed by atoms with Crippen LogP contribution in [0.15, 0.2) is 24.3 Å². The molecule has 0 heterocycles. The monoisotopic (exact) mass is 294 g/mol. The molecule has 0 radical (unpaired) electrons. The van der Waals surface area contributed by atoms with Crippen LogP contribution in [0.25, 0.3) is 0 Å². The van der Waals surface area contributed by atoms with Crippen molar-refractivity contribution in [1.82, 2.24) is 0 Å². The number of sulfone groups is 1. The van der Waals surface area contributed by atoms with E-state index in [4.69, 9.17) is 0 Å². The lowest BCUT2D eigenvalue weighted by Crippen LogP contribution is -2.32. The van der Waals surface area contributed by atoms with E-state index in [2.05, 4.69) is 6.92 Å². The van der Waals surface area contributed by atoms with Gasteiger partial charge in [0.15, 0.2) is 15.6 Å². The molecule has 3 nitrogen and oxygen atoms in total. The predicted octanol–water partition coefficient (Wildman–Crippen LogP) is 3.17. The van der Waals surface area contributed by atoms with E-state index in [9.17, 15) is 13.2 Å². The number of aryl methyl sites for hydroxylation is 1. The van der Waals surface area contributed by atoms with Gasteiger partial charge in [0.05, 0.1) is 5.25 Å². The fourth-order valence-electron chi connectivity index (χ4n) is 2.97. The summed E-state index contributed by atoms with van der Waals surface area (Å²) in [6, 6.07) is 7.16. The molecule has 1 aromatic carbocycles. The molecule has 2 unspecified atom stereocenters. The Balaban J connectivity index is 2.12. The molecule has 1 saturated carbocycles. The first-order valence-corrected chi connectivity index (χ1v) is 8.92. The maximum atomic E-state index is 12.4. The third-order valence-electron chi connectivity index (χ3n) is 4.17. The topological polar surface area (TPSA) is 51.2 Å². The minimum absolute atomic E-state index is 0.277. The van der Waals surface area contributed by atoms with Gasteiger partial charge in [0.25, 0.3) is 0 Å². The van der Waals surface area contributed by atoms with Crippen LogP contribution in [0.2, 0.25) is 0 Å². The van der Waals surface area contributed by atoms with E-state index < -0.39 is 9.84 Å². The Morgan fingerprint density at radius 3 is 2.60 bits per heavy atom. The molecule has 0 bridgehead atoms. The van der Waals surface area contributed by atoms with Crippen LogP contribution in [0.5, 0.6) is 0 Å². The molecule has 0 aromatic heterocycles. The first kappa shape index (κ1) is 15.2. The Morgan fingerprint density at radius 1 is 1.25 bits per heavy atom. The second-order valence-electron chi connectivity index (χ2n) is 5.94. The van der Waals surface area contributed by atoms with Crippen LogP contribution in [0, 0.1) is 12.8 Å². The van der Waals surface area contributed by atoms with Crippen molar-refractivity contribution in [2.24, 2.45) is 5.92 Å². The fraction of sp³-hybridized carbons (Fsp3) is 0.562. The van der Waals surface area contributed by atoms with Crippen molar-refractivity contribution in [3.8, 4) is 0 Å². The number of hydrogen-bond acceptors (Lipinski definition) is 3. The van der Waals surface area contributed by atoms with Crippen LogP contribution in [0.1, 0.15) is 48.5 Å². The molecule has 0 saturated heterocycles. The lowest BCUT2D eigenvalue weighted by Gasteiger charge is -2.26. The van der Waals surface area contributed by atoms with Gasteiger partial charge in [-0.25, -0.2) is 8.42 Å². The molecule has 1 aliphatic carbocycles. The quantitative estimate of drug-likeness (QED) is 0.801. The molecule has 2 atom stereocenters. The van der Waals surface area contributed by atoms with Gasteiger partial charge < -0.3 is 0 Å². The van der Waals surface area contributed by atoms with Crippen LogP contribution >= 0.6 is 0 Å². The fourth-order valence-corrected chi connectivity index (χ4v) is 4.87. The van der Waals surface area contributed by atoms with Crippen LogP contribution in [0.4, 0.5) is 0 Å². The number of benzene rings is 1. The van der Waals surface area contributed by atoms with E-state index in [0.717, 1.165) is 18.4 Å². The van der Waals surface area contributed by atoms with Crippen molar-refractivity contribution in [2.45, 2.75) is 44.8 Å². The van der Waals surface area contributed by atoms with Crippen LogP contribution < -0.4 is 0 Å². The summed E-state index contributed by atoms with van der Waals surface area (Å²) in [5, 5.41) is -0.334. The van der Waals surface area contributed by atoms with Crippen molar-refractivity contribution < 1.29 is 13.2 Å². The summed E-state index contributed by atoms with van der Waals surface area (Å²) in [6.07, 6.45) is 3.44. The lowest BCUT2D eigenvalue weighted by atomic mass is 9.91. The van der Waals surface area contributed by atoms with E-state index in [0.29, 0.717) is 24.3 Å². The molecule has 0 amide bonds. The summed E-state index contributed by atoms with van der Waals surface area (Å²) in [4.78, 5) is 12.2. The Labute approximate surface area is 121 Å². The number of ketones is 1. The summed E-state index contributed by atoms with van der Waals surface area (Å²) in [5.41, 5.74) is 1.37. The Morgan fingerprint density at radius 2 is 1.95 bits per heavy atom. The standard InChI is InChI=1S/C16H22O3S/c1-12-6-5-8-14(10-12)20(18,19)11-16(17)15-9-4-3-7-13(15)2/h3-4,7,9,12,14H,5-6,8,10-11H2,1-2H3. The highest BCUT2D eigenvalue weighted by Crippen LogP contribution is 2.29. The maximum absolute atomic E-state index is 12.4. The van der Waals surface area contributed by atoms with Gasteiger partial charge in [-0.1, -0.05) is 44.0 Å². The molecule has 1 aromatic rings. The van der Waals surface area contributed by atoms with Crippen molar-refractivity contribution in [1.29, 1.82) is 0 Å². The minimum Gasteiger partial charge on any atom is -0.293 e. The Hall–Kier alpha value is -1.16. The number of rotatable bonds is 4. The molecule has 20 heavy (non-hydrogen) atoms. The van der Waals surface area contributed by atoms with Crippen LogP contribution in [-0.4, -0.2) is 25.2 Å². The smallest absolute Gasteiger partial charge is 0.178 e. The molecule has 2 rings (SSSR count). The number of carbonyl (C=O) groups is 1. The van der Waals surface area contributed by atoms with Crippen molar-refractivity contribution in [3.63, 3.8) is 0 Å². The van der Waals surface area contributed by atoms with Crippen molar-refractivity contribution in [2.75, 3.05) is 5.75 Å². The normalized spacial score (nSPS) is 23.5. The highest BCUT2D eigenvalue weighted by atomic mass is 32.2. The molecule has 0 aliphatic heterocycles. The molecule has 0 N–H and O–H groups in total. The summed E-state index contributed by atoms with van der Waals surface area (Å²) in [7, 11) is -3.33. The van der Waals surface area contributed by atoms with E-state index >= 15 is 0 Å². The zero-order valence-corrected chi connectivity index (χ0v) is 12.9. The Kier molecular flexibility index (Phi) is 4.63. The highest BCUT2D eigenvalue weighted by molar-refractivity contribution is 7.92. The molecular formula is C16H22O3S. The van der Waals surface area contributed by atoms with Gasteiger partial charge in [-0.2, -0.15) is 0 Å². The molecular weight excluding hydrogens is 272 g/mol. The summed E-state index contributed by atoms with van der Waals surface area (Å²) < 4.78 is 24.8. The van der Waals surface area contributed by atoms with Gasteiger partial charge in [0.1, 0.15) is 5.75 Å². The van der Waals surface area contributed by atoms with Gasteiger partial charge in [0, 0.05) is 5.56 Å². The first-order valence-electron chi connectivity index (χ1n) is 7.20. The summed E-state index contributed by atoms with van der Waals surface area (Å²) in [6.45, 7) is 3.92. The van der Waals surface area contributed by atoms with E-state index in [1.54, 1.807) is 12.1 Å². The summed E-state index contributed by atoms with van der Waals surface area (Å²) >= 11 is 0. The first-order chi connectivity index (χ1) is 9.40. The van der Waals surface area contributed by atoms with Gasteiger partial charge in [-0.15, -0.1) is 0 Å². The van der Waals surface area contributed by atoms with E-state index in [1.807, 2.05) is 19.1 Å². The van der Waals surface area contributed by atoms with Gasteiger partial charge in [0.2, 0.25) is 0 Å². The molecule has 1 fully saturated rings. The second-order valence-corrected chi connectivity index (χ2v) is 8.22. The maximum Gasteiger partial charge on any atom is 0.178 e. The van der Waals surface area contributed by atoms with E-state index in [1.165, 1.54) is 0 Å². The van der Waals surface area contributed by atoms with Crippen molar-refractivity contribution in [3.05, 3.63) is 35.4 Å². The Bertz CT molecular complexity index is 589. The summed E-state index contributed by atoms with van der Waals surface area (Å²) in [5.74, 6) is -0.187. The van der Waals surface area contributed by atoms with Crippen LogP contribution in [-0.2, 0) is 9.84 Å². The predicted molar refractivity (Wildman–Crippen MR) is 80.7 cm³/mol. The van der Waals surface area contributed by atoms with E-state index in [-0.39, 0.29) is 16.8 Å². The third kappa shape index (κ3) is 3.48. The van der Waals surface area contributed by atoms with Gasteiger partial charge in [-0.05, 0) is 31.2 Å². The van der Waals surface area contributed by atoms with Crippen molar-refractivity contribution >= 4 is 15.6 Å². The zero-order chi connectivity index (χ0) is 14.8. The number of carbonyl (C=O) groups excluding carboxylic acids is 1. The zero-order valence-electron chi connectivity index (χ0n) is 12.1. The SMILES string of the molecule is Cc1ccccc1C(=O)CS(=O)(=O)C1CCCC(C)C1. The number of Topliss-reactive ketones (excluding diaryl/α,β-unsaturated/α-hetero) is 1. The largest absolute Gasteiger partial charge is 0.293 e. The van der Waals surface area contributed by atoms with Gasteiger partial charge >= 0.3 is 0 Å². The lowest BCUT2D eigenvalue weighted by molar-refractivity contribution is 0.102. The second kappa shape index (κ2) is 6.08. The molecule has 0 spiro atoms. The minimum atomic E-state index is -3.33. The molecule has 110 valence electrons. The average Bonchev–Trinajstić information content (AvgIpc) is 2.38. The molecule has 1 aliphatic rings. The third-order valence-corrected chi connectivity index (χ3v) is 6.28. The average molecular weight is 294 g/mol. The molecule has 4 heteroatoms. The van der Waals surface area contributed by atoms with Gasteiger partial charge in [-0.3, -0.25) is 4.79 Å². The van der Waals surface area contributed by atoms with Crippen LogP contribution in [0.3, 0.4) is 0 Å².